The topological polar surface area (TPSA) is 0 Å². The summed E-state index contributed by atoms with van der Waals surface area (Å²) in [6.07, 6.45) is 40.8. The number of hydrogen-bond donors (Lipinski definition) is 0. The number of rotatable bonds is 9. The van der Waals surface area contributed by atoms with E-state index in [1.807, 2.05) is 0 Å². The highest BCUT2D eigenvalue weighted by atomic mass is 31.1. The minimum absolute atomic E-state index is 0.281. The van der Waals surface area contributed by atoms with Crippen LogP contribution in [0.2, 0.25) is 0 Å². The van der Waals surface area contributed by atoms with Gasteiger partial charge in [-0.2, -0.15) is 0 Å². The molecule has 0 saturated heterocycles. The third-order valence-electron chi connectivity index (χ3n) is 26.4. The number of allylic oxidation sites excluding steroid dienone is 6. The van der Waals surface area contributed by atoms with Gasteiger partial charge in [0.15, 0.2) is 0 Å². The van der Waals surface area contributed by atoms with Crippen molar-refractivity contribution in [2.75, 3.05) is 0 Å². The Morgan fingerprint density at radius 3 is 0.635 bits per heavy atom. The lowest BCUT2D eigenvalue weighted by Crippen LogP contribution is -2.35. The van der Waals surface area contributed by atoms with E-state index in [1.54, 1.807) is 105 Å². The number of aryl methyl sites for hydroxylation is 3. The first kappa shape index (κ1) is 80.8. The second-order valence-electron chi connectivity index (χ2n) is 31.7. The average molecular weight is 1410 g/mol. The third kappa shape index (κ3) is 20.2. The Balaban J connectivity index is 0.000000183. The summed E-state index contributed by atoms with van der Waals surface area (Å²) in [5, 5.41) is 0. The molecular weight excluding hydrogens is 1290 g/mol. The summed E-state index contributed by atoms with van der Waals surface area (Å²) in [4.78, 5) is 0. The van der Waals surface area contributed by atoms with Gasteiger partial charge in [-0.3, -0.25) is 0 Å². The molecule has 6 unspecified atom stereocenters. The largest absolute Gasteiger partial charge is 0.673 e. The maximum atomic E-state index is 9.75. The van der Waals surface area contributed by atoms with E-state index < -0.39 is 21.8 Å². The van der Waals surface area contributed by atoms with Gasteiger partial charge in [0.05, 0.1) is 34.0 Å². The lowest BCUT2D eigenvalue weighted by molar-refractivity contribution is 0.256. The molecule has 0 bridgehead atoms. The van der Waals surface area contributed by atoms with E-state index in [4.69, 9.17) is 0 Å². The van der Waals surface area contributed by atoms with Gasteiger partial charge in [-0.15, -0.1) is 0 Å². The van der Waals surface area contributed by atoms with E-state index in [0.717, 1.165) is 51.7 Å². The molecule has 0 N–H and O–H groups in total. The molecule has 0 spiro atoms. The Morgan fingerprint density at radius 1 is 0.271 bits per heavy atom. The molecule has 0 amide bonds. The summed E-state index contributed by atoms with van der Waals surface area (Å²) in [7, 11) is -15.9. The van der Waals surface area contributed by atoms with Crippen LogP contribution in [0, 0.1) is 59.3 Å². The molecule has 3 aromatic carbocycles. The molecule has 96 heavy (non-hydrogen) atoms. The van der Waals surface area contributed by atoms with Crippen LogP contribution in [0.3, 0.4) is 0 Å². The summed E-state index contributed by atoms with van der Waals surface area (Å²) < 4.78 is 117. The fourth-order valence-electron chi connectivity index (χ4n) is 19.9. The molecule has 6 fully saturated rings. The van der Waals surface area contributed by atoms with Crippen molar-refractivity contribution in [1.29, 1.82) is 0 Å². The van der Waals surface area contributed by atoms with E-state index in [2.05, 4.69) is 140 Å². The number of hydrogen-bond acceptors (Lipinski definition) is 0. The molecular formula is C78H120B3F12P3. The van der Waals surface area contributed by atoms with Crippen LogP contribution in [0.4, 0.5) is 51.8 Å². The maximum absolute atomic E-state index is 9.75. The van der Waals surface area contributed by atoms with Gasteiger partial charge in [0.1, 0.15) is 0 Å². The summed E-state index contributed by atoms with van der Waals surface area (Å²) in [6.45, 7) is 36.0. The number of halogens is 12. The van der Waals surface area contributed by atoms with Crippen LogP contribution in [-0.2, 0) is 16.2 Å². The SMILES string of the molecule is CC1=C(C)C(C)(C2CCC([PH2+]C3CCCCC3)CC2)c2ccc(C)c(C)c21.CC1=C(C)C(C)(C2CCC([PH2+]C3CCCCC3)CC2)c2ccc(C)c(C)c21.CC1=C(C)C(C)(C2CCC([PH2+]C3CCCCC3)CC2)c2ccc(C)c(C)c21.F[B-](F)(F)F.F[B-](F)(F)F.F[B-](F)(F)F. The Labute approximate surface area is 578 Å². The van der Waals surface area contributed by atoms with Crippen LogP contribution in [0.25, 0.3) is 16.7 Å². The van der Waals surface area contributed by atoms with Crippen LogP contribution < -0.4 is 0 Å². The minimum Gasteiger partial charge on any atom is -0.418 e. The van der Waals surface area contributed by atoms with Crippen molar-refractivity contribution in [3.05, 3.63) is 120 Å². The normalized spacial score (nSPS) is 29.3. The molecule has 6 atom stereocenters. The second kappa shape index (κ2) is 34.2. The van der Waals surface area contributed by atoms with E-state index in [-0.39, 0.29) is 16.2 Å². The van der Waals surface area contributed by atoms with Crippen molar-refractivity contribution in [2.24, 2.45) is 17.8 Å². The lowest BCUT2D eigenvalue weighted by atomic mass is 9.64. The van der Waals surface area contributed by atoms with Gasteiger partial charge < -0.3 is 51.8 Å². The van der Waals surface area contributed by atoms with Crippen LogP contribution in [0.15, 0.2) is 53.1 Å². The highest BCUT2D eigenvalue weighted by molar-refractivity contribution is 7.40. The predicted octanol–water partition coefficient (Wildman–Crippen LogP) is 26.9. The smallest absolute Gasteiger partial charge is 0.418 e. The highest BCUT2D eigenvalue weighted by Gasteiger charge is 2.50. The van der Waals surface area contributed by atoms with Crippen LogP contribution in [-0.4, -0.2) is 55.7 Å². The molecule has 0 radical (unpaired) electrons. The predicted molar refractivity (Wildman–Crippen MR) is 402 cm³/mol. The lowest BCUT2D eigenvalue weighted by Gasteiger charge is -2.41. The van der Waals surface area contributed by atoms with Crippen molar-refractivity contribution >= 4 is 64.2 Å². The third-order valence-corrected chi connectivity index (χ3v) is 33.6. The van der Waals surface area contributed by atoms with Crippen LogP contribution in [0.5, 0.6) is 0 Å². The molecule has 9 aliphatic carbocycles. The quantitative estimate of drug-likeness (QED) is 0.114. The maximum Gasteiger partial charge on any atom is 0.673 e. The molecule has 6 saturated carbocycles. The molecule has 3 aromatic rings. The number of benzene rings is 3. The van der Waals surface area contributed by atoms with Crippen molar-refractivity contribution in [2.45, 2.75) is 327 Å². The van der Waals surface area contributed by atoms with Gasteiger partial charge in [0.25, 0.3) is 0 Å². The Bertz CT molecular complexity index is 2810. The van der Waals surface area contributed by atoms with E-state index in [9.17, 15) is 51.8 Å². The second-order valence-corrected chi connectivity index (χ2v) is 38.6. The molecule has 540 valence electrons. The fourth-order valence-corrected chi connectivity index (χ4v) is 27.1. The fraction of sp³-hybridized carbons (Fsp3) is 0.692. The van der Waals surface area contributed by atoms with Gasteiger partial charge >= 0.3 is 21.8 Å². The Kier molecular flexibility index (Phi) is 28.8. The van der Waals surface area contributed by atoms with E-state index >= 15 is 0 Å². The molecule has 0 heterocycles. The standard InChI is InChI=1S/3C26H39P.3BF4/c3*1-17-11-16-24-25(18(17)2)19(3)20(4)26(24,5)21-12-14-23(15-13-21)27-22-9-7-6-8-10-22;3*2-1(3,4)5/h3*11,16,21-23,27H,6-10,12-15H2,1-5H3;;;/q;;;3*-1/p+3. The summed E-state index contributed by atoms with van der Waals surface area (Å²) in [6, 6.07) is 14.5. The monoisotopic (exact) mass is 1410 g/mol. The molecule has 18 heteroatoms. The summed E-state index contributed by atoms with van der Waals surface area (Å²) in [5.41, 5.74) is 35.8. The first-order chi connectivity index (χ1) is 44.8. The van der Waals surface area contributed by atoms with E-state index in [0.29, 0.717) is 25.7 Å². The molecule has 0 aromatic heterocycles. The van der Waals surface area contributed by atoms with Crippen molar-refractivity contribution in [3.63, 3.8) is 0 Å². The first-order valence-corrected chi connectivity index (χ1v) is 41.3. The van der Waals surface area contributed by atoms with E-state index in [1.165, 1.54) is 168 Å². The summed E-state index contributed by atoms with van der Waals surface area (Å²) in [5.74, 6) is 2.54. The average Bonchev–Trinajstić information content (AvgIpc) is 1.59. The zero-order valence-corrected chi connectivity index (χ0v) is 64.7. The van der Waals surface area contributed by atoms with Crippen LogP contribution in [0.1, 0.15) is 302 Å². The minimum atomic E-state index is -6.00. The Morgan fingerprint density at radius 2 is 0.448 bits per heavy atom. The molecule has 0 aliphatic heterocycles. The highest BCUT2D eigenvalue weighted by Crippen LogP contribution is 2.60. The van der Waals surface area contributed by atoms with Crippen LogP contribution >= 0.6 is 25.7 Å². The Hall–Kier alpha value is -2.48. The molecule has 9 aliphatic rings. The number of fused-ring (bicyclic) bond motifs is 3. The van der Waals surface area contributed by atoms with Gasteiger partial charge in [-0.25, -0.2) is 0 Å². The van der Waals surface area contributed by atoms with Crippen molar-refractivity contribution in [3.8, 4) is 0 Å². The van der Waals surface area contributed by atoms with Gasteiger partial charge in [0.2, 0.25) is 0 Å². The van der Waals surface area contributed by atoms with Crippen molar-refractivity contribution in [1.82, 2.24) is 0 Å². The zero-order valence-electron chi connectivity index (χ0n) is 61.3. The summed E-state index contributed by atoms with van der Waals surface area (Å²) >= 11 is 0. The zero-order chi connectivity index (χ0) is 71.0. The van der Waals surface area contributed by atoms with Gasteiger partial charge in [-0.05, 0) is 364 Å². The first-order valence-electron chi connectivity index (χ1n) is 37.3. The molecule has 12 rings (SSSR count). The van der Waals surface area contributed by atoms with Gasteiger partial charge in [-0.1, -0.05) is 93.2 Å². The van der Waals surface area contributed by atoms with Gasteiger partial charge in [0, 0.05) is 16.2 Å². The molecule has 0 nitrogen and oxygen atoms in total. The van der Waals surface area contributed by atoms with Crippen molar-refractivity contribution < 1.29 is 51.8 Å².